The van der Waals surface area contributed by atoms with Gasteiger partial charge in [-0.3, -0.25) is 0 Å². The highest BCUT2D eigenvalue weighted by Gasteiger charge is 2.65. The van der Waals surface area contributed by atoms with Crippen LogP contribution in [0.1, 0.15) is 30.1 Å². The third kappa shape index (κ3) is 4.42. The van der Waals surface area contributed by atoms with Crippen molar-refractivity contribution >= 4 is 16.3 Å². The molecule has 2 saturated heterocycles. The number of hydrogen-bond donors (Lipinski definition) is 0. The summed E-state index contributed by atoms with van der Waals surface area (Å²) in [7, 11) is -9.66. The molecule has 2 aliphatic heterocycles. The van der Waals surface area contributed by atoms with Crippen molar-refractivity contribution in [2.45, 2.75) is 43.4 Å². The first-order valence-corrected chi connectivity index (χ1v) is 12.6. The highest BCUT2D eigenvalue weighted by atomic mass is 32.5. The van der Waals surface area contributed by atoms with Crippen LogP contribution in [0.3, 0.4) is 0 Å². The number of ether oxygens (including phenoxy) is 1. The minimum absolute atomic E-state index is 0.00473. The summed E-state index contributed by atoms with van der Waals surface area (Å²) in [5.74, 6) is 0. The second-order valence-electron chi connectivity index (χ2n) is 9.61. The van der Waals surface area contributed by atoms with Gasteiger partial charge in [-0.1, -0.05) is 31.6 Å². The minimum Gasteiger partial charge on any atom is -0.370 e. The lowest BCUT2D eigenvalue weighted by Crippen LogP contribution is -2.68. The molecule has 3 aliphatic rings. The molecule has 0 atom stereocenters. The van der Waals surface area contributed by atoms with Crippen molar-refractivity contribution in [2.24, 2.45) is 5.41 Å². The first kappa shape index (κ1) is 22.5. The fourth-order valence-electron chi connectivity index (χ4n) is 4.90. The highest BCUT2D eigenvalue weighted by Crippen LogP contribution is 3.02. The lowest BCUT2D eigenvalue weighted by Gasteiger charge is -2.60. The zero-order chi connectivity index (χ0) is 23.7. The van der Waals surface area contributed by atoms with Crippen molar-refractivity contribution in [3.05, 3.63) is 48.0 Å². The minimum atomic E-state index is -9.66. The van der Waals surface area contributed by atoms with Crippen LogP contribution in [0.4, 0.5) is 24.2 Å². The Balaban J connectivity index is 1.03. The van der Waals surface area contributed by atoms with Gasteiger partial charge < -0.3 is 19.1 Å². The van der Waals surface area contributed by atoms with Crippen LogP contribution >= 0.6 is 10.2 Å². The second kappa shape index (κ2) is 6.62. The molecule has 12 heteroatoms. The molecule has 5 rings (SSSR count). The number of rotatable bonds is 5. The number of aromatic nitrogens is 2. The molecule has 6 nitrogen and oxygen atoms in total. The molecule has 0 unspecified atom stereocenters. The lowest BCUT2D eigenvalue weighted by atomic mass is 9.60. The van der Waals surface area contributed by atoms with Crippen LogP contribution in [0.2, 0.25) is 0 Å². The third-order valence-electron chi connectivity index (χ3n) is 6.79. The lowest BCUT2D eigenvalue weighted by molar-refractivity contribution is -0.0907. The molecule has 182 valence electrons. The Morgan fingerprint density at radius 1 is 1.09 bits per heavy atom. The van der Waals surface area contributed by atoms with Gasteiger partial charge in [-0.25, -0.2) is 9.78 Å². The number of urea groups is 1. The molecule has 3 fully saturated rings. The van der Waals surface area contributed by atoms with Crippen LogP contribution in [0.15, 0.2) is 41.7 Å². The van der Waals surface area contributed by atoms with Crippen molar-refractivity contribution in [1.29, 1.82) is 0 Å². The van der Waals surface area contributed by atoms with Gasteiger partial charge in [-0.2, -0.15) is 0 Å². The molecule has 3 heterocycles. The molecular weight excluding hydrogens is 467 g/mol. The number of amides is 2. The quantitative estimate of drug-likeness (QED) is 0.518. The average molecular weight is 493 g/mol. The summed E-state index contributed by atoms with van der Waals surface area (Å²) >= 11 is 0. The number of halogens is 5. The zero-order valence-corrected chi connectivity index (χ0v) is 18.8. The summed E-state index contributed by atoms with van der Waals surface area (Å²) in [6.45, 7) is 4.26. The largest absolute Gasteiger partial charge is 0.370 e. The Kier molecular flexibility index (Phi) is 4.50. The Bertz CT molecular complexity index is 1070. The summed E-state index contributed by atoms with van der Waals surface area (Å²) in [6.07, 6.45) is 5.76. The third-order valence-corrected chi connectivity index (χ3v) is 7.95. The van der Waals surface area contributed by atoms with Crippen LogP contribution in [-0.2, 0) is 11.3 Å². The maximum Gasteiger partial charge on any atom is 0.320 e. The maximum atomic E-state index is 12.8. The molecule has 2 aromatic rings. The highest BCUT2D eigenvalue weighted by molar-refractivity contribution is 8.45. The second-order valence-corrected chi connectivity index (χ2v) is 12.0. The number of imidazole rings is 1. The summed E-state index contributed by atoms with van der Waals surface area (Å²) in [5.41, 5.74) is 1.57. The van der Waals surface area contributed by atoms with Crippen LogP contribution in [0.5, 0.6) is 0 Å². The van der Waals surface area contributed by atoms with Gasteiger partial charge in [0.1, 0.15) is 4.90 Å². The van der Waals surface area contributed by atoms with Gasteiger partial charge in [0.15, 0.2) is 0 Å². The number of carbonyl (C=O) groups is 1. The number of nitrogens with zero attached hydrogens (tertiary/aromatic N) is 4. The first-order chi connectivity index (χ1) is 15.2. The van der Waals surface area contributed by atoms with Gasteiger partial charge in [0.25, 0.3) is 0 Å². The summed E-state index contributed by atoms with van der Waals surface area (Å²) in [5, 5.41) is 0. The maximum absolute atomic E-state index is 12.8. The van der Waals surface area contributed by atoms with E-state index in [1.807, 2.05) is 24.3 Å². The van der Waals surface area contributed by atoms with E-state index in [2.05, 4.69) is 9.55 Å². The normalized spacial score (nSPS) is 22.8. The van der Waals surface area contributed by atoms with E-state index in [0.29, 0.717) is 36.8 Å². The van der Waals surface area contributed by atoms with Crippen LogP contribution < -0.4 is 0 Å². The van der Waals surface area contributed by atoms with E-state index in [1.165, 1.54) is 0 Å². The van der Waals surface area contributed by atoms with Crippen molar-refractivity contribution in [3.8, 4) is 0 Å². The van der Waals surface area contributed by atoms with Crippen LogP contribution in [0, 0.1) is 12.3 Å². The van der Waals surface area contributed by atoms with Crippen LogP contribution in [-0.4, -0.2) is 57.7 Å². The Labute approximate surface area is 188 Å². The molecule has 1 aromatic carbocycles. The standard InChI is InChI=1S/C21H25F5N4O2S/c1-15-8-29(14-27-15)17-6-21(7-17)12-30(13-21)20(31)28-9-18(10-28)32-11-16-2-4-19(5-3-16)33(22,23,24,25)26/h2-5,8,14,17-18H,6-7,9-13H2,1H3. The van der Waals surface area contributed by atoms with Crippen molar-refractivity contribution in [2.75, 3.05) is 26.2 Å². The topological polar surface area (TPSA) is 50.6 Å². The SMILES string of the molecule is Cc1cn(C2CC3(C2)CN(C(=O)N2CC(OCc4ccc(S(F)(F)(F)(F)F)cc4)C2)C3)cn1. The summed E-state index contributed by atoms with van der Waals surface area (Å²) < 4.78 is 71.6. The molecule has 1 aromatic heterocycles. The molecule has 0 radical (unpaired) electrons. The van der Waals surface area contributed by atoms with E-state index in [1.54, 1.807) is 4.90 Å². The van der Waals surface area contributed by atoms with Gasteiger partial charge >= 0.3 is 16.3 Å². The smallest absolute Gasteiger partial charge is 0.320 e. The predicted molar refractivity (Wildman–Crippen MR) is 113 cm³/mol. The van der Waals surface area contributed by atoms with Gasteiger partial charge in [-0.05, 0) is 37.5 Å². The Morgan fingerprint density at radius 3 is 2.27 bits per heavy atom. The molecule has 1 saturated carbocycles. The summed E-state index contributed by atoms with van der Waals surface area (Å²) in [4.78, 5) is 18.5. The average Bonchev–Trinajstić information content (AvgIpc) is 3.02. The fourth-order valence-corrected chi connectivity index (χ4v) is 5.55. The molecular formula is C21H25F5N4O2S. The number of aryl methyl sites for hydroxylation is 1. The molecule has 1 spiro atoms. The van der Waals surface area contributed by atoms with E-state index in [-0.39, 0.29) is 24.2 Å². The van der Waals surface area contributed by atoms with Gasteiger partial charge in [0, 0.05) is 30.7 Å². The van der Waals surface area contributed by atoms with Crippen molar-refractivity contribution in [3.63, 3.8) is 0 Å². The van der Waals surface area contributed by atoms with E-state index in [4.69, 9.17) is 4.74 Å². The van der Waals surface area contributed by atoms with Gasteiger partial charge in [-0.15, -0.1) is 0 Å². The van der Waals surface area contributed by atoms with Crippen molar-refractivity contribution < 1.29 is 29.0 Å². The number of likely N-dealkylation sites (tertiary alicyclic amines) is 2. The van der Waals surface area contributed by atoms with E-state index < -0.39 is 15.1 Å². The molecule has 0 N–H and O–H groups in total. The van der Waals surface area contributed by atoms with E-state index in [9.17, 15) is 24.2 Å². The van der Waals surface area contributed by atoms with Gasteiger partial charge in [0.05, 0.1) is 37.8 Å². The fraction of sp³-hybridized carbons (Fsp3) is 0.524. The zero-order valence-electron chi connectivity index (χ0n) is 18.0. The van der Waals surface area contributed by atoms with Crippen LogP contribution in [0.25, 0.3) is 0 Å². The first-order valence-electron chi connectivity index (χ1n) is 10.7. The predicted octanol–water partition coefficient (Wildman–Crippen LogP) is 5.51. The van der Waals surface area contributed by atoms with Gasteiger partial charge in [0.2, 0.25) is 0 Å². The number of hydrogen-bond acceptors (Lipinski definition) is 3. The van der Waals surface area contributed by atoms with E-state index in [0.717, 1.165) is 43.8 Å². The summed E-state index contributed by atoms with van der Waals surface area (Å²) in [6, 6.07) is 3.17. The number of carbonyl (C=O) groups excluding carboxylic acids is 1. The molecule has 1 aliphatic carbocycles. The molecule has 33 heavy (non-hydrogen) atoms. The Morgan fingerprint density at radius 2 is 1.73 bits per heavy atom. The number of benzene rings is 1. The van der Waals surface area contributed by atoms with Crippen molar-refractivity contribution in [1.82, 2.24) is 19.4 Å². The van der Waals surface area contributed by atoms with E-state index >= 15 is 0 Å². The Hall–Kier alpha value is -2.34. The molecule has 2 amide bonds. The monoisotopic (exact) mass is 492 g/mol. The molecule has 0 bridgehead atoms.